The summed E-state index contributed by atoms with van der Waals surface area (Å²) in [7, 11) is 0. The number of rotatable bonds is 5. The molecule has 0 aliphatic rings. The number of esters is 1. The highest BCUT2D eigenvalue weighted by Gasteiger charge is 2.40. The zero-order valence-corrected chi connectivity index (χ0v) is 13.0. The van der Waals surface area contributed by atoms with Gasteiger partial charge in [-0.25, -0.2) is 9.59 Å². The molecule has 1 rings (SSSR count). The van der Waals surface area contributed by atoms with Crippen molar-refractivity contribution in [1.82, 2.24) is 5.32 Å². The first-order valence-corrected chi connectivity index (χ1v) is 6.70. The van der Waals surface area contributed by atoms with Gasteiger partial charge in [-0.3, -0.25) is 10.1 Å². The van der Waals surface area contributed by atoms with Crippen LogP contribution in [0.1, 0.15) is 26.3 Å². The van der Waals surface area contributed by atoms with Crippen LogP contribution < -0.4 is 11.1 Å². The molecule has 0 radical (unpaired) electrons. The second-order valence-corrected chi connectivity index (χ2v) is 5.94. The van der Waals surface area contributed by atoms with E-state index in [2.05, 4.69) is 0 Å². The van der Waals surface area contributed by atoms with Gasteiger partial charge in [0.2, 0.25) is 0 Å². The number of carboxylic acid groups (broad SMARTS) is 1. The van der Waals surface area contributed by atoms with E-state index in [-0.39, 0.29) is 11.3 Å². The van der Waals surface area contributed by atoms with Crippen LogP contribution in [0.3, 0.4) is 0 Å². The molecule has 1 unspecified atom stereocenters. The molecular weight excluding hydrogens is 306 g/mol. The number of nitrogens with one attached hydrogen (secondary N) is 1. The van der Waals surface area contributed by atoms with Crippen LogP contribution in [-0.4, -0.2) is 34.2 Å². The highest BCUT2D eigenvalue weighted by molar-refractivity contribution is 5.84. The lowest BCUT2D eigenvalue weighted by molar-refractivity contribution is -0.384. The van der Waals surface area contributed by atoms with E-state index in [9.17, 15) is 19.7 Å². The molecule has 0 spiro atoms. The fourth-order valence-corrected chi connectivity index (χ4v) is 1.76. The van der Waals surface area contributed by atoms with Crippen molar-refractivity contribution in [2.24, 2.45) is 5.73 Å². The van der Waals surface area contributed by atoms with Crippen molar-refractivity contribution in [3.05, 3.63) is 39.9 Å². The molecular formula is C14H19N3O6. The fraction of sp³-hybridized carbons (Fsp3) is 0.429. The minimum absolute atomic E-state index is 0.175. The summed E-state index contributed by atoms with van der Waals surface area (Å²) < 4.78 is 5.24. The van der Waals surface area contributed by atoms with E-state index in [1.54, 1.807) is 20.8 Å². The molecule has 9 heteroatoms. The SMILES string of the molecule is CC(C)(C)OC(=O)C(N)(CNC(=O)O)c1ccc([N+](=O)[O-])cc1. The van der Waals surface area contributed by atoms with Gasteiger partial charge >= 0.3 is 12.1 Å². The second kappa shape index (κ2) is 6.61. The lowest BCUT2D eigenvalue weighted by atomic mass is 9.90. The Labute approximate surface area is 132 Å². The van der Waals surface area contributed by atoms with Crippen LogP contribution in [-0.2, 0) is 15.1 Å². The number of hydrogen-bond acceptors (Lipinski definition) is 6. The molecule has 0 fully saturated rings. The molecule has 0 heterocycles. The molecule has 0 bridgehead atoms. The highest BCUT2D eigenvalue weighted by atomic mass is 16.6. The molecule has 4 N–H and O–H groups in total. The van der Waals surface area contributed by atoms with E-state index in [1.165, 1.54) is 24.3 Å². The first-order valence-electron chi connectivity index (χ1n) is 6.70. The normalized spacial score (nSPS) is 13.7. The van der Waals surface area contributed by atoms with E-state index < -0.39 is 34.7 Å². The van der Waals surface area contributed by atoms with E-state index in [1.807, 2.05) is 5.32 Å². The van der Waals surface area contributed by atoms with Gasteiger partial charge in [-0.2, -0.15) is 0 Å². The Kier molecular flexibility index (Phi) is 5.28. The van der Waals surface area contributed by atoms with E-state index in [4.69, 9.17) is 15.6 Å². The average Bonchev–Trinajstić information content (AvgIpc) is 2.42. The average molecular weight is 325 g/mol. The van der Waals surface area contributed by atoms with Gasteiger partial charge < -0.3 is 20.9 Å². The van der Waals surface area contributed by atoms with Crippen molar-refractivity contribution in [2.75, 3.05) is 6.54 Å². The van der Waals surface area contributed by atoms with Gasteiger partial charge in [0.15, 0.2) is 5.54 Å². The van der Waals surface area contributed by atoms with Gasteiger partial charge in [-0.15, -0.1) is 0 Å². The zero-order valence-electron chi connectivity index (χ0n) is 13.0. The number of ether oxygens (including phenoxy) is 1. The molecule has 1 aromatic carbocycles. The summed E-state index contributed by atoms with van der Waals surface area (Å²) in [5.41, 5.74) is 3.47. The molecule has 23 heavy (non-hydrogen) atoms. The lowest BCUT2D eigenvalue weighted by Crippen LogP contribution is -2.55. The van der Waals surface area contributed by atoms with E-state index >= 15 is 0 Å². The minimum atomic E-state index is -1.80. The van der Waals surface area contributed by atoms with Crippen LogP contribution in [0.4, 0.5) is 10.5 Å². The largest absolute Gasteiger partial charge is 0.465 e. The van der Waals surface area contributed by atoms with Crippen LogP contribution in [0, 0.1) is 10.1 Å². The number of hydrogen-bond donors (Lipinski definition) is 3. The Morgan fingerprint density at radius 2 is 1.83 bits per heavy atom. The maximum absolute atomic E-state index is 12.4. The quantitative estimate of drug-likeness (QED) is 0.421. The topological polar surface area (TPSA) is 145 Å². The predicted octanol–water partition coefficient (Wildman–Crippen LogP) is 1.36. The second-order valence-electron chi connectivity index (χ2n) is 5.94. The lowest BCUT2D eigenvalue weighted by Gasteiger charge is -2.31. The van der Waals surface area contributed by atoms with Gasteiger partial charge in [-0.1, -0.05) is 0 Å². The number of nitro benzene ring substituents is 1. The van der Waals surface area contributed by atoms with Crippen molar-refractivity contribution >= 4 is 17.7 Å². The maximum atomic E-state index is 12.4. The van der Waals surface area contributed by atoms with E-state index in [0.29, 0.717) is 0 Å². The Hall–Kier alpha value is -2.68. The number of carbonyl (C=O) groups is 2. The van der Waals surface area contributed by atoms with Crippen molar-refractivity contribution < 1.29 is 24.4 Å². The zero-order chi connectivity index (χ0) is 17.8. The van der Waals surface area contributed by atoms with Crippen LogP contribution in [0.15, 0.2) is 24.3 Å². The third kappa shape index (κ3) is 4.92. The summed E-state index contributed by atoms with van der Waals surface area (Å²) in [6, 6.07) is 4.96. The Bertz CT molecular complexity index is 608. The summed E-state index contributed by atoms with van der Waals surface area (Å²) in [5, 5.41) is 21.5. The molecule has 0 aromatic heterocycles. The predicted molar refractivity (Wildman–Crippen MR) is 80.8 cm³/mol. The van der Waals surface area contributed by atoms with Crippen LogP contribution >= 0.6 is 0 Å². The van der Waals surface area contributed by atoms with Gasteiger partial charge in [0, 0.05) is 12.1 Å². The summed E-state index contributed by atoms with van der Waals surface area (Å²) >= 11 is 0. The van der Waals surface area contributed by atoms with Crippen LogP contribution in [0.5, 0.6) is 0 Å². The molecule has 1 aromatic rings. The first kappa shape index (κ1) is 18.4. The first-order chi connectivity index (χ1) is 10.5. The highest BCUT2D eigenvalue weighted by Crippen LogP contribution is 2.24. The number of carbonyl (C=O) groups excluding carboxylic acids is 1. The van der Waals surface area contributed by atoms with Crippen molar-refractivity contribution in [3.63, 3.8) is 0 Å². The molecule has 0 saturated carbocycles. The van der Waals surface area contributed by atoms with E-state index in [0.717, 1.165) is 0 Å². The van der Waals surface area contributed by atoms with Gasteiger partial charge in [0.1, 0.15) is 5.60 Å². The molecule has 1 atom stereocenters. The van der Waals surface area contributed by atoms with Gasteiger partial charge in [0.05, 0.1) is 11.5 Å². The van der Waals surface area contributed by atoms with Crippen molar-refractivity contribution in [1.29, 1.82) is 0 Å². The molecule has 0 aliphatic carbocycles. The Morgan fingerprint density at radius 1 is 1.30 bits per heavy atom. The summed E-state index contributed by atoms with van der Waals surface area (Å²) in [6.45, 7) is 4.50. The number of amides is 1. The standard InChI is InChI=1S/C14H19N3O6/c1-13(2,3)23-11(18)14(15,8-16-12(19)20)9-4-6-10(7-5-9)17(21)22/h4-7,16H,8,15H2,1-3H3,(H,19,20). The Balaban J connectivity index is 3.19. The monoisotopic (exact) mass is 325 g/mol. The van der Waals surface area contributed by atoms with Gasteiger partial charge in [-0.05, 0) is 38.5 Å². The summed E-state index contributed by atoms with van der Waals surface area (Å²) in [6.07, 6.45) is -1.36. The molecule has 9 nitrogen and oxygen atoms in total. The van der Waals surface area contributed by atoms with Crippen molar-refractivity contribution in [2.45, 2.75) is 31.9 Å². The molecule has 0 saturated heterocycles. The third-order valence-corrected chi connectivity index (χ3v) is 2.87. The molecule has 1 amide bonds. The Morgan fingerprint density at radius 3 is 2.22 bits per heavy atom. The molecule has 126 valence electrons. The van der Waals surface area contributed by atoms with Crippen molar-refractivity contribution in [3.8, 4) is 0 Å². The number of benzene rings is 1. The summed E-state index contributed by atoms with van der Waals surface area (Å²) in [5.74, 6) is -0.840. The van der Waals surface area contributed by atoms with Crippen LogP contribution in [0.2, 0.25) is 0 Å². The number of nitrogens with two attached hydrogens (primary N) is 1. The minimum Gasteiger partial charge on any atom is -0.465 e. The maximum Gasteiger partial charge on any atom is 0.404 e. The fourth-order valence-electron chi connectivity index (χ4n) is 1.76. The third-order valence-electron chi connectivity index (χ3n) is 2.87. The van der Waals surface area contributed by atoms with Gasteiger partial charge in [0.25, 0.3) is 5.69 Å². The van der Waals surface area contributed by atoms with Crippen LogP contribution in [0.25, 0.3) is 0 Å². The molecule has 0 aliphatic heterocycles. The number of non-ortho nitro benzene ring substituents is 1. The number of nitrogens with zero attached hydrogens (tertiary/aromatic N) is 1. The smallest absolute Gasteiger partial charge is 0.404 e. The summed E-state index contributed by atoms with van der Waals surface area (Å²) in [4.78, 5) is 33.2. The number of nitro groups is 1.